The van der Waals surface area contributed by atoms with Gasteiger partial charge in [0.1, 0.15) is 5.58 Å². The Morgan fingerprint density at radius 1 is 0.388 bits per heavy atom. The maximum Gasteiger partial charge on any atom is 0.159 e. The van der Waals surface area contributed by atoms with E-state index in [1.807, 2.05) is 18.5 Å². The molecule has 67 heavy (non-hydrogen) atoms. The number of pyridine rings is 2. The van der Waals surface area contributed by atoms with Crippen LogP contribution in [0.1, 0.15) is 69.5 Å². The first-order valence-corrected chi connectivity index (χ1v) is 23.3. The molecule has 3 aromatic heterocycles. The van der Waals surface area contributed by atoms with Crippen LogP contribution in [0.25, 0.3) is 55.6 Å². The number of aromatic nitrogens is 2. The Labute approximate surface area is 388 Å². The van der Waals surface area contributed by atoms with Gasteiger partial charge in [0.25, 0.3) is 0 Å². The molecule has 4 aliphatic carbocycles. The van der Waals surface area contributed by atoms with Gasteiger partial charge in [0.2, 0.25) is 0 Å². The Bertz CT molecular complexity index is 3890. The number of nitrogens with zero attached hydrogens (tertiary/aromatic N) is 3. The lowest BCUT2D eigenvalue weighted by Crippen LogP contribution is -2.41. The van der Waals surface area contributed by atoms with E-state index in [1.54, 1.807) is 0 Å². The Morgan fingerprint density at radius 3 is 1.72 bits per heavy atom. The van der Waals surface area contributed by atoms with Gasteiger partial charge >= 0.3 is 0 Å². The van der Waals surface area contributed by atoms with Crippen molar-refractivity contribution in [1.29, 1.82) is 0 Å². The summed E-state index contributed by atoms with van der Waals surface area (Å²) in [6, 6.07) is 73.9. The van der Waals surface area contributed by atoms with Crippen LogP contribution in [0.4, 0.5) is 17.1 Å². The van der Waals surface area contributed by atoms with Crippen LogP contribution in [0, 0.1) is 0 Å². The molecule has 4 aliphatic rings. The molecular weight excluding hydrogens is 815 g/mol. The van der Waals surface area contributed by atoms with Gasteiger partial charge in [0.05, 0.1) is 39.8 Å². The second-order valence-corrected chi connectivity index (χ2v) is 19.2. The molecule has 11 aromatic rings. The molecule has 0 amide bonds. The second-order valence-electron chi connectivity index (χ2n) is 19.2. The molecule has 2 spiro atoms. The first kappa shape index (κ1) is 36.9. The molecule has 0 N–H and O–H groups in total. The van der Waals surface area contributed by atoms with E-state index in [9.17, 15) is 0 Å². The minimum absolute atomic E-state index is 0.358. The summed E-state index contributed by atoms with van der Waals surface area (Å²) in [4.78, 5) is 13.0. The summed E-state index contributed by atoms with van der Waals surface area (Å²) in [5, 5.41) is 2.17. The average Bonchev–Trinajstić information content (AvgIpc) is 4.09. The number of furan rings is 1. The fraction of sp³-hybridized carbons (Fsp3) is 0.0794. The summed E-state index contributed by atoms with van der Waals surface area (Å²) >= 11 is 0. The van der Waals surface area contributed by atoms with Crippen molar-refractivity contribution in [2.45, 2.75) is 30.1 Å². The van der Waals surface area contributed by atoms with Crippen LogP contribution in [0.2, 0.25) is 0 Å². The van der Waals surface area contributed by atoms with Crippen molar-refractivity contribution in [3.8, 4) is 33.6 Å². The first-order valence-electron chi connectivity index (χ1n) is 23.3. The monoisotopic (exact) mass is 855 g/mol. The van der Waals surface area contributed by atoms with Gasteiger partial charge in [0.15, 0.2) is 5.58 Å². The third-order valence-electron chi connectivity index (χ3n) is 15.8. The zero-order chi connectivity index (χ0) is 44.2. The summed E-state index contributed by atoms with van der Waals surface area (Å²) in [6.45, 7) is 4.85. The van der Waals surface area contributed by atoms with Crippen LogP contribution in [0.15, 0.2) is 217 Å². The van der Waals surface area contributed by atoms with E-state index in [0.29, 0.717) is 0 Å². The molecule has 4 heteroatoms. The number of rotatable bonds is 3. The van der Waals surface area contributed by atoms with Crippen molar-refractivity contribution < 1.29 is 4.42 Å². The molecule has 1 atom stereocenters. The maximum atomic E-state index is 6.76. The van der Waals surface area contributed by atoms with Crippen molar-refractivity contribution in [3.05, 3.63) is 268 Å². The third-order valence-corrected chi connectivity index (χ3v) is 15.8. The Hall–Kier alpha value is -8.34. The van der Waals surface area contributed by atoms with Gasteiger partial charge in [-0.15, -0.1) is 0 Å². The van der Waals surface area contributed by atoms with Crippen molar-refractivity contribution >= 4 is 39.0 Å². The molecule has 8 aromatic carbocycles. The largest absolute Gasteiger partial charge is 0.454 e. The number of hydrogen-bond acceptors (Lipinski definition) is 4. The molecule has 0 radical (unpaired) electrons. The molecule has 15 rings (SSSR count). The zero-order valence-electron chi connectivity index (χ0n) is 37.0. The second kappa shape index (κ2) is 12.9. The molecule has 314 valence electrons. The number of benzene rings is 8. The quantitative estimate of drug-likeness (QED) is 0.178. The molecule has 0 saturated carbocycles. The molecular formula is C63H41N3O. The van der Waals surface area contributed by atoms with Gasteiger partial charge in [-0.2, -0.15) is 0 Å². The lowest BCUT2D eigenvalue weighted by Gasteiger charge is -2.47. The van der Waals surface area contributed by atoms with E-state index in [1.165, 1.54) is 66.8 Å². The van der Waals surface area contributed by atoms with Gasteiger partial charge in [-0.25, -0.2) is 0 Å². The van der Waals surface area contributed by atoms with E-state index in [2.05, 4.69) is 213 Å². The number of para-hydroxylation sites is 3. The smallest absolute Gasteiger partial charge is 0.159 e. The number of anilines is 3. The SMILES string of the molecule is CC1(C)c2ccccc2C2(c3cc4c(cc31)C1(c3ccccc3-c3ccccc31)c1ccccc1-4)c1cccnc1-c1ncc(N(c3ccccc3)c3cccc4c3oc3ccccc34)cc12. The highest BCUT2D eigenvalue weighted by atomic mass is 16.3. The normalized spacial score (nSPS) is 16.8. The molecule has 4 nitrogen and oxygen atoms in total. The minimum Gasteiger partial charge on any atom is -0.454 e. The van der Waals surface area contributed by atoms with Crippen LogP contribution in [-0.2, 0) is 16.2 Å². The van der Waals surface area contributed by atoms with Crippen LogP contribution in [0.5, 0.6) is 0 Å². The fourth-order valence-electron chi connectivity index (χ4n) is 13.2. The maximum absolute atomic E-state index is 6.76. The van der Waals surface area contributed by atoms with Gasteiger partial charge in [0, 0.05) is 33.6 Å². The van der Waals surface area contributed by atoms with Crippen molar-refractivity contribution in [2.75, 3.05) is 4.90 Å². The number of fused-ring (bicyclic) bond motifs is 22. The van der Waals surface area contributed by atoms with Gasteiger partial charge in [-0.3, -0.25) is 9.97 Å². The van der Waals surface area contributed by atoms with E-state index < -0.39 is 10.8 Å². The van der Waals surface area contributed by atoms with Crippen LogP contribution in [0.3, 0.4) is 0 Å². The molecule has 0 bridgehead atoms. The standard InChI is InChI=1S/C63H41N3O/c1-61(2)49-28-13-14-29-50(49)63(54-35-45-42-22-8-12-27-48(42)62(52(45)36-53(54)61)46-25-10-6-20-40(46)41-21-7-11-26-47(41)62)51-30-17-33-64-58(51)59-55(63)34-39(37-65-59)66(38-18-4-3-5-19-38)56-31-16-24-44-43-23-9-15-32-57(43)67-60(44)56/h3-37H,1-2H3. The van der Waals surface area contributed by atoms with Crippen LogP contribution >= 0.6 is 0 Å². The highest BCUT2D eigenvalue weighted by Gasteiger charge is 2.58. The third kappa shape index (κ3) is 4.44. The Balaban J connectivity index is 1.06. The molecule has 3 heterocycles. The molecule has 0 aliphatic heterocycles. The van der Waals surface area contributed by atoms with E-state index in [0.717, 1.165) is 61.5 Å². The number of hydrogen-bond donors (Lipinski definition) is 0. The Morgan fingerprint density at radius 2 is 0.970 bits per heavy atom. The Kier molecular flexibility index (Phi) is 7.13. The van der Waals surface area contributed by atoms with Gasteiger partial charge < -0.3 is 9.32 Å². The first-order chi connectivity index (χ1) is 33.0. The average molecular weight is 856 g/mol. The predicted molar refractivity (Wildman–Crippen MR) is 270 cm³/mol. The lowest BCUT2D eigenvalue weighted by atomic mass is 9.55. The molecule has 0 saturated heterocycles. The van der Waals surface area contributed by atoms with Gasteiger partial charge in [-0.05, 0) is 115 Å². The zero-order valence-corrected chi connectivity index (χ0v) is 37.0. The fourth-order valence-corrected chi connectivity index (χ4v) is 13.2. The van der Waals surface area contributed by atoms with Crippen LogP contribution < -0.4 is 4.90 Å². The van der Waals surface area contributed by atoms with Crippen molar-refractivity contribution in [1.82, 2.24) is 9.97 Å². The summed E-state index contributed by atoms with van der Waals surface area (Å²) in [5.41, 5.74) is 22.9. The summed E-state index contributed by atoms with van der Waals surface area (Å²) in [6.07, 6.45) is 3.95. The van der Waals surface area contributed by atoms with Gasteiger partial charge in [-0.1, -0.05) is 172 Å². The van der Waals surface area contributed by atoms with E-state index >= 15 is 0 Å². The van der Waals surface area contributed by atoms with Crippen molar-refractivity contribution in [3.63, 3.8) is 0 Å². The topological polar surface area (TPSA) is 42.2 Å². The summed E-state index contributed by atoms with van der Waals surface area (Å²) < 4.78 is 6.76. The predicted octanol–water partition coefficient (Wildman–Crippen LogP) is 15.2. The summed E-state index contributed by atoms with van der Waals surface area (Å²) in [7, 11) is 0. The highest BCUT2D eigenvalue weighted by molar-refractivity contribution is 6.10. The van der Waals surface area contributed by atoms with Crippen LogP contribution in [-0.4, -0.2) is 9.97 Å². The highest BCUT2D eigenvalue weighted by Crippen LogP contribution is 2.67. The van der Waals surface area contributed by atoms with E-state index in [-0.39, 0.29) is 5.41 Å². The molecule has 1 unspecified atom stereocenters. The van der Waals surface area contributed by atoms with E-state index in [4.69, 9.17) is 14.4 Å². The minimum atomic E-state index is -0.748. The summed E-state index contributed by atoms with van der Waals surface area (Å²) in [5.74, 6) is 0. The molecule has 0 fully saturated rings. The van der Waals surface area contributed by atoms with Crippen molar-refractivity contribution in [2.24, 2.45) is 0 Å². The lowest BCUT2D eigenvalue weighted by molar-refractivity contribution is 0.561.